The van der Waals surface area contributed by atoms with Gasteiger partial charge < -0.3 is 4.74 Å². The lowest BCUT2D eigenvalue weighted by Crippen LogP contribution is -2.54. The molecule has 0 aliphatic heterocycles. The highest BCUT2D eigenvalue weighted by atomic mass is 16.5. The minimum Gasteiger partial charge on any atom is -0.468 e. The zero-order chi connectivity index (χ0) is 12.0. The van der Waals surface area contributed by atoms with Crippen LogP contribution in [0.25, 0.3) is 0 Å². The molecule has 94 valence electrons. The molecule has 0 aromatic rings. The molecule has 1 aliphatic carbocycles. The fourth-order valence-electron chi connectivity index (χ4n) is 2.66. The van der Waals surface area contributed by atoms with Crippen molar-refractivity contribution in [2.24, 2.45) is 0 Å². The maximum atomic E-state index is 11.8. The van der Waals surface area contributed by atoms with Gasteiger partial charge in [-0.2, -0.15) is 0 Å². The Morgan fingerprint density at radius 3 is 2.50 bits per heavy atom. The van der Waals surface area contributed by atoms with Crippen molar-refractivity contribution < 1.29 is 9.53 Å². The maximum absolute atomic E-state index is 11.8. The van der Waals surface area contributed by atoms with E-state index in [1.807, 2.05) is 6.92 Å². The molecule has 1 aliphatic rings. The molecule has 1 N–H and O–H groups in total. The first-order valence-electron chi connectivity index (χ1n) is 6.48. The van der Waals surface area contributed by atoms with Crippen molar-refractivity contribution in [2.75, 3.05) is 7.11 Å². The van der Waals surface area contributed by atoms with Crippen LogP contribution in [-0.4, -0.2) is 24.7 Å². The summed E-state index contributed by atoms with van der Waals surface area (Å²) in [5.74, 6) is -0.125. The minimum absolute atomic E-state index is 0.125. The van der Waals surface area contributed by atoms with Gasteiger partial charge in [0.05, 0.1) is 7.11 Å². The Morgan fingerprint density at radius 2 is 2.00 bits per heavy atom. The zero-order valence-corrected chi connectivity index (χ0v) is 10.8. The molecule has 3 nitrogen and oxygen atoms in total. The lowest BCUT2D eigenvalue weighted by atomic mass is 9.89. The predicted molar refractivity (Wildman–Crippen MR) is 65.3 cm³/mol. The summed E-state index contributed by atoms with van der Waals surface area (Å²) in [7, 11) is 1.47. The van der Waals surface area contributed by atoms with Gasteiger partial charge in [-0.1, -0.05) is 32.6 Å². The van der Waals surface area contributed by atoms with E-state index in [1.165, 1.54) is 39.2 Å². The van der Waals surface area contributed by atoms with Crippen LogP contribution in [0.15, 0.2) is 0 Å². The van der Waals surface area contributed by atoms with Crippen molar-refractivity contribution >= 4 is 5.97 Å². The summed E-state index contributed by atoms with van der Waals surface area (Å²) < 4.78 is 4.91. The van der Waals surface area contributed by atoms with E-state index in [-0.39, 0.29) is 5.97 Å². The molecule has 1 atom stereocenters. The van der Waals surface area contributed by atoms with E-state index < -0.39 is 5.54 Å². The largest absolute Gasteiger partial charge is 0.468 e. The van der Waals surface area contributed by atoms with Crippen LogP contribution in [0.4, 0.5) is 0 Å². The number of rotatable bonds is 5. The number of hydrogen-bond acceptors (Lipinski definition) is 3. The molecular formula is C13H25NO2. The molecule has 1 unspecified atom stereocenters. The number of methoxy groups -OCH3 is 1. The van der Waals surface area contributed by atoms with E-state index >= 15 is 0 Å². The van der Waals surface area contributed by atoms with Gasteiger partial charge in [-0.25, -0.2) is 0 Å². The van der Waals surface area contributed by atoms with Crippen molar-refractivity contribution in [1.82, 2.24) is 5.32 Å². The van der Waals surface area contributed by atoms with Crippen molar-refractivity contribution in [2.45, 2.75) is 70.4 Å². The molecule has 0 amide bonds. The molecule has 0 saturated heterocycles. The van der Waals surface area contributed by atoms with Gasteiger partial charge in [0.15, 0.2) is 0 Å². The molecule has 0 aromatic carbocycles. The highest BCUT2D eigenvalue weighted by Crippen LogP contribution is 2.22. The van der Waals surface area contributed by atoms with Crippen molar-refractivity contribution in [1.29, 1.82) is 0 Å². The third-order valence-electron chi connectivity index (χ3n) is 3.51. The number of ether oxygens (including phenoxy) is 1. The van der Waals surface area contributed by atoms with E-state index in [2.05, 4.69) is 12.2 Å². The van der Waals surface area contributed by atoms with E-state index in [0.717, 1.165) is 12.8 Å². The van der Waals surface area contributed by atoms with Crippen molar-refractivity contribution in [3.05, 3.63) is 0 Å². The predicted octanol–water partition coefficient (Wildman–Crippen LogP) is 2.64. The van der Waals surface area contributed by atoms with Gasteiger partial charge in [0.25, 0.3) is 0 Å². The normalized spacial score (nSPS) is 21.4. The van der Waals surface area contributed by atoms with Gasteiger partial charge in [0, 0.05) is 6.04 Å². The molecule has 1 rings (SSSR count). The first kappa shape index (κ1) is 13.5. The van der Waals surface area contributed by atoms with Crippen LogP contribution in [0.1, 0.15) is 58.8 Å². The lowest BCUT2D eigenvalue weighted by Gasteiger charge is -2.34. The number of hydrogen-bond donors (Lipinski definition) is 1. The fraction of sp³-hybridized carbons (Fsp3) is 0.923. The molecule has 1 fully saturated rings. The van der Waals surface area contributed by atoms with Gasteiger partial charge in [-0.3, -0.25) is 10.1 Å². The summed E-state index contributed by atoms with van der Waals surface area (Å²) in [6, 6.07) is 0.490. The van der Waals surface area contributed by atoms with E-state index in [4.69, 9.17) is 4.74 Å². The Hall–Kier alpha value is -0.570. The second kappa shape index (κ2) is 6.24. The van der Waals surface area contributed by atoms with Crippen molar-refractivity contribution in [3.8, 4) is 0 Å². The average Bonchev–Trinajstić information content (AvgIpc) is 2.29. The smallest absolute Gasteiger partial charge is 0.325 e. The van der Waals surface area contributed by atoms with Crippen LogP contribution < -0.4 is 5.32 Å². The Kier molecular flexibility index (Phi) is 5.26. The van der Waals surface area contributed by atoms with Crippen molar-refractivity contribution in [3.63, 3.8) is 0 Å². The van der Waals surface area contributed by atoms with Crippen LogP contribution in [0, 0.1) is 0 Å². The first-order chi connectivity index (χ1) is 7.62. The minimum atomic E-state index is -0.495. The number of carbonyl (C=O) groups is 1. The van der Waals surface area contributed by atoms with E-state index in [0.29, 0.717) is 6.04 Å². The Morgan fingerprint density at radius 1 is 1.38 bits per heavy atom. The molecule has 3 heteroatoms. The second-order valence-corrected chi connectivity index (χ2v) is 5.05. The highest BCUT2D eigenvalue weighted by Gasteiger charge is 2.35. The Balaban J connectivity index is 2.58. The number of carbonyl (C=O) groups excluding carboxylic acids is 1. The molecule has 0 radical (unpaired) electrons. The fourth-order valence-corrected chi connectivity index (χ4v) is 2.66. The van der Waals surface area contributed by atoms with Crippen LogP contribution >= 0.6 is 0 Å². The van der Waals surface area contributed by atoms with Crippen LogP contribution in [0.3, 0.4) is 0 Å². The first-order valence-corrected chi connectivity index (χ1v) is 6.48. The summed E-state index contributed by atoms with van der Waals surface area (Å²) in [5, 5.41) is 3.51. The standard InChI is InChI=1S/C13H25NO2/c1-4-10-13(2,12(15)16-3)14-11-8-6-5-7-9-11/h11,14H,4-10H2,1-3H3. The second-order valence-electron chi connectivity index (χ2n) is 5.05. The summed E-state index contributed by atoms with van der Waals surface area (Å²) in [4.78, 5) is 11.8. The third-order valence-corrected chi connectivity index (χ3v) is 3.51. The molecule has 16 heavy (non-hydrogen) atoms. The summed E-state index contributed by atoms with van der Waals surface area (Å²) >= 11 is 0. The molecular weight excluding hydrogens is 202 g/mol. The monoisotopic (exact) mass is 227 g/mol. The molecule has 0 spiro atoms. The molecule has 0 bridgehead atoms. The zero-order valence-electron chi connectivity index (χ0n) is 10.8. The molecule has 0 aromatic heterocycles. The van der Waals surface area contributed by atoms with Gasteiger partial charge in [0.1, 0.15) is 5.54 Å². The van der Waals surface area contributed by atoms with Gasteiger partial charge in [-0.15, -0.1) is 0 Å². The summed E-state index contributed by atoms with van der Waals surface area (Å²) in [5.41, 5.74) is -0.495. The van der Waals surface area contributed by atoms with Crippen LogP contribution in [0.2, 0.25) is 0 Å². The van der Waals surface area contributed by atoms with Crippen LogP contribution in [-0.2, 0) is 9.53 Å². The molecule has 1 saturated carbocycles. The quantitative estimate of drug-likeness (QED) is 0.734. The lowest BCUT2D eigenvalue weighted by molar-refractivity contribution is -0.148. The van der Waals surface area contributed by atoms with Gasteiger partial charge in [-0.05, 0) is 26.2 Å². The number of nitrogens with one attached hydrogen (secondary N) is 1. The SMILES string of the molecule is CCCC(C)(NC1CCCCC1)C(=O)OC. The Bertz CT molecular complexity index is 224. The van der Waals surface area contributed by atoms with E-state index in [1.54, 1.807) is 0 Å². The number of esters is 1. The van der Waals surface area contributed by atoms with Crippen LogP contribution in [0.5, 0.6) is 0 Å². The average molecular weight is 227 g/mol. The summed E-state index contributed by atoms with van der Waals surface area (Å²) in [6.45, 7) is 4.07. The topological polar surface area (TPSA) is 38.3 Å². The highest BCUT2D eigenvalue weighted by molar-refractivity contribution is 5.80. The molecule has 0 heterocycles. The maximum Gasteiger partial charge on any atom is 0.325 e. The summed E-state index contributed by atoms with van der Waals surface area (Å²) in [6.07, 6.45) is 8.11. The third kappa shape index (κ3) is 3.48. The van der Waals surface area contributed by atoms with Gasteiger partial charge in [0.2, 0.25) is 0 Å². The van der Waals surface area contributed by atoms with E-state index in [9.17, 15) is 4.79 Å². The van der Waals surface area contributed by atoms with Gasteiger partial charge >= 0.3 is 5.97 Å². The Labute approximate surface area is 98.9 Å².